The third-order valence-corrected chi connectivity index (χ3v) is 1.89. The van der Waals surface area contributed by atoms with Crippen LogP contribution in [0.4, 0.5) is 0 Å². The van der Waals surface area contributed by atoms with Crippen molar-refractivity contribution in [2.24, 2.45) is 5.73 Å². The molecule has 3 rings (SSSR count). The van der Waals surface area contributed by atoms with Crippen molar-refractivity contribution in [2.45, 2.75) is 24.9 Å². The van der Waals surface area contributed by atoms with Gasteiger partial charge in [-0.25, -0.2) is 0 Å². The highest BCUT2D eigenvalue weighted by atomic mass is 15.0. The summed E-state index contributed by atoms with van der Waals surface area (Å²) in [7, 11) is 0. The Balaban J connectivity index is 2.19. The van der Waals surface area contributed by atoms with E-state index in [2.05, 4.69) is 11.4 Å². The summed E-state index contributed by atoms with van der Waals surface area (Å²) in [6.45, 7) is 0. The molecule has 1 fully saturated rings. The molecule has 0 aromatic rings. The zero-order valence-electron chi connectivity index (χ0n) is 4.72. The Labute approximate surface area is 48.8 Å². The molecule has 3 N–H and O–H groups in total. The fraction of sp³-hybridized carbons (Fsp3) is 0.667. The topological polar surface area (TPSA) is 38.0 Å². The molecule has 2 nitrogen and oxygen atoms in total. The van der Waals surface area contributed by atoms with Gasteiger partial charge in [0.1, 0.15) is 0 Å². The standard InChI is InChI=1S/C6H10N2/c7-4-1-5-3-6(2-4)8-5/h1,5-6,8H,2-3,7H2. The summed E-state index contributed by atoms with van der Waals surface area (Å²) in [5, 5.41) is 3.35. The van der Waals surface area contributed by atoms with E-state index in [0.29, 0.717) is 12.1 Å². The predicted octanol–water partition coefficient (Wildman–Crippen LogP) is -0.0368. The Morgan fingerprint density at radius 3 is 2.75 bits per heavy atom. The lowest BCUT2D eigenvalue weighted by molar-refractivity contribution is 0.283. The van der Waals surface area contributed by atoms with Gasteiger partial charge in [-0.15, -0.1) is 0 Å². The molecule has 2 bridgehead atoms. The summed E-state index contributed by atoms with van der Waals surface area (Å²) >= 11 is 0. The van der Waals surface area contributed by atoms with Crippen LogP contribution >= 0.6 is 0 Å². The summed E-state index contributed by atoms with van der Waals surface area (Å²) in [5.74, 6) is 0. The van der Waals surface area contributed by atoms with E-state index in [4.69, 9.17) is 5.73 Å². The number of nitrogens with one attached hydrogen (secondary N) is 1. The number of hydrogen-bond acceptors (Lipinski definition) is 2. The van der Waals surface area contributed by atoms with Crippen molar-refractivity contribution in [1.82, 2.24) is 5.32 Å². The van der Waals surface area contributed by atoms with Gasteiger partial charge in [-0.05, 0) is 12.5 Å². The Hall–Kier alpha value is -0.500. The zero-order valence-corrected chi connectivity index (χ0v) is 4.72. The minimum absolute atomic E-state index is 0.619. The number of nitrogens with two attached hydrogens (primary N) is 1. The Morgan fingerprint density at radius 2 is 2.50 bits per heavy atom. The molecule has 2 aliphatic heterocycles. The molecule has 0 amide bonds. The van der Waals surface area contributed by atoms with Crippen molar-refractivity contribution in [1.29, 1.82) is 0 Å². The van der Waals surface area contributed by atoms with E-state index >= 15 is 0 Å². The van der Waals surface area contributed by atoms with Gasteiger partial charge in [0.05, 0.1) is 0 Å². The lowest BCUT2D eigenvalue weighted by atomic mass is 9.87. The highest BCUT2D eigenvalue weighted by Crippen LogP contribution is 2.24. The molecule has 8 heavy (non-hydrogen) atoms. The van der Waals surface area contributed by atoms with Crippen molar-refractivity contribution in [3.63, 3.8) is 0 Å². The maximum atomic E-state index is 5.58. The normalized spacial score (nSPS) is 42.8. The van der Waals surface area contributed by atoms with Crippen LogP contribution in [-0.4, -0.2) is 12.1 Å². The Kier molecular flexibility index (Phi) is 0.690. The van der Waals surface area contributed by atoms with E-state index in [-0.39, 0.29) is 0 Å². The van der Waals surface area contributed by atoms with E-state index in [9.17, 15) is 0 Å². The third kappa shape index (κ3) is 0.464. The van der Waals surface area contributed by atoms with Crippen molar-refractivity contribution in [2.75, 3.05) is 0 Å². The van der Waals surface area contributed by atoms with Crippen LogP contribution < -0.4 is 11.1 Å². The van der Waals surface area contributed by atoms with Crippen molar-refractivity contribution < 1.29 is 0 Å². The predicted molar refractivity (Wildman–Crippen MR) is 32.2 cm³/mol. The third-order valence-electron chi connectivity index (χ3n) is 1.89. The fourth-order valence-electron chi connectivity index (χ4n) is 1.45. The van der Waals surface area contributed by atoms with Gasteiger partial charge in [-0.3, -0.25) is 0 Å². The molecule has 0 aromatic carbocycles. The quantitative estimate of drug-likeness (QED) is 0.459. The van der Waals surface area contributed by atoms with E-state index in [1.165, 1.54) is 6.42 Å². The first-order valence-electron chi connectivity index (χ1n) is 3.07. The van der Waals surface area contributed by atoms with Gasteiger partial charge >= 0.3 is 0 Å². The van der Waals surface area contributed by atoms with Crippen molar-refractivity contribution >= 4 is 0 Å². The van der Waals surface area contributed by atoms with Crippen LogP contribution in [0.5, 0.6) is 0 Å². The van der Waals surface area contributed by atoms with Crippen LogP contribution in [-0.2, 0) is 0 Å². The maximum Gasteiger partial charge on any atom is 0.0287 e. The molecule has 0 aromatic heterocycles. The first-order valence-corrected chi connectivity index (χ1v) is 3.07. The van der Waals surface area contributed by atoms with Crippen molar-refractivity contribution in [3.8, 4) is 0 Å². The van der Waals surface area contributed by atoms with Crippen LogP contribution in [0.3, 0.4) is 0 Å². The molecule has 2 atom stereocenters. The second-order valence-electron chi connectivity index (χ2n) is 2.65. The van der Waals surface area contributed by atoms with E-state index in [1.54, 1.807) is 0 Å². The van der Waals surface area contributed by atoms with Gasteiger partial charge in [-0.1, -0.05) is 0 Å². The smallest absolute Gasteiger partial charge is 0.0287 e. The first kappa shape index (κ1) is 4.39. The van der Waals surface area contributed by atoms with Crippen LogP contribution in [0, 0.1) is 0 Å². The molecular weight excluding hydrogens is 100 g/mol. The van der Waals surface area contributed by atoms with E-state index in [0.717, 1.165) is 12.1 Å². The molecule has 0 spiro atoms. The fourth-order valence-corrected chi connectivity index (χ4v) is 1.45. The molecular formula is C6H10N2. The van der Waals surface area contributed by atoms with Crippen LogP contribution in [0.2, 0.25) is 0 Å². The molecule has 3 aliphatic rings. The average Bonchev–Trinajstić information content (AvgIpc) is 1.62. The van der Waals surface area contributed by atoms with E-state index in [1.807, 2.05) is 0 Å². The second kappa shape index (κ2) is 1.26. The summed E-state index contributed by atoms with van der Waals surface area (Å²) in [4.78, 5) is 0. The largest absolute Gasteiger partial charge is 0.402 e. The summed E-state index contributed by atoms with van der Waals surface area (Å²) in [6.07, 6.45) is 4.50. The van der Waals surface area contributed by atoms with Crippen LogP contribution in [0.15, 0.2) is 11.8 Å². The highest BCUT2D eigenvalue weighted by molar-refractivity contribution is 5.17. The molecule has 1 aliphatic carbocycles. The summed E-state index contributed by atoms with van der Waals surface area (Å²) in [6, 6.07) is 1.33. The number of hydrogen-bond donors (Lipinski definition) is 2. The van der Waals surface area contributed by atoms with Gasteiger partial charge < -0.3 is 11.1 Å². The highest BCUT2D eigenvalue weighted by Gasteiger charge is 2.30. The van der Waals surface area contributed by atoms with Gasteiger partial charge in [-0.2, -0.15) is 0 Å². The Morgan fingerprint density at radius 1 is 1.75 bits per heavy atom. The Bertz CT molecular complexity index is 133. The molecule has 0 radical (unpaired) electrons. The lowest BCUT2D eigenvalue weighted by Crippen LogP contribution is -2.54. The van der Waals surface area contributed by atoms with Crippen LogP contribution in [0.25, 0.3) is 0 Å². The van der Waals surface area contributed by atoms with Crippen molar-refractivity contribution in [3.05, 3.63) is 11.8 Å². The summed E-state index contributed by atoms with van der Waals surface area (Å²) < 4.78 is 0. The maximum absolute atomic E-state index is 5.58. The molecule has 0 saturated carbocycles. The molecule has 2 unspecified atom stereocenters. The molecule has 44 valence electrons. The summed E-state index contributed by atoms with van der Waals surface area (Å²) in [5.41, 5.74) is 6.65. The zero-order chi connectivity index (χ0) is 5.56. The molecule has 1 saturated heterocycles. The number of fused-ring (bicyclic) bond motifs is 1. The average molecular weight is 110 g/mol. The first-order chi connectivity index (χ1) is 3.84. The minimum atomic E-state index is 0.619. The van der Waals surface area contributed by atoms with Crippen LogP contribution in [0.1, 0.15) is 12.8 Å². The minimum Gasteiger partial charge on any atom is -0.402 e. The molecule has 2 heterocycles. The van der Waals surface area contributed by atoms with Gasteiger partial charge in [0.2, 0.25) is 0 Å². The SMILES string of the molecule is NC1=CC2CC(C1)N2. The van der Waals surface area contributed by atoms with Gasteiger partial charge in [0, 0.05) is 24.2 Å². The number of rotatable bonds is 0. The monoisotopic (exact) mass is 110 g/mol. The lowest BCUT2D eigenvalue weighted by Gasteiger charge is -2.40. The molecule has 2 heteroatoms. The van der Waals surface area contributed by atoms with Gasteiger partial charge in [0.15, 0.2) is 0 Å². The second-order valence-corrected chi connectivity index (χ2v) is 2.65. The van der Waals surface area contributed by atoms with Gasteiger partial charge in [0.25, 0.3) is 0 Å². The van der Waals surface area contributed by atoms with E-state index < -0.39 is 0 Å².